The SMILES string of the molecule is CC1CC1NC1CCNCC1. The molecule has 1 heterocycles. The van der Waals surface area contributed by atoms with Crippen LogP contribution in [-0.4, -0.2) is 25.2 Å². The standard InChI is InChI=1S/C9H18N2/c1-7-6-9(7)11-8-2-4-10-5-3-8/h7-11H,2-6H2,1H3. The van der Waals surface area contributed by atoms with Gasteiger partial charge >= 0.3 is 0 Å². The maximum absolute atomic E-state index is 3.70. The first-order valence-electron chi connectivity index (χ1n) is 4.83. The van der Waals surface area contributed by atoms with Crippen LogP contribution in [0.2, 0.25) is 0 Å². The van der Waals surface area contributed by atoms with Gasteiger partial charge < -0.3 is 10.6 Å². The second kappa shape index (κ2) is 3.11. The van der Waals surface area contributed by atoms with Gasteiger partial charge in [0.25, 0.3) is 0 Å². The van der Waals surface area contributed by atoms with E-state index in [1.807, 2.05) is 0 Å². The molecule has 0 aromatic rings. The van der Waals surface area contributed by atoms with Crippen LogP contribution in [0.15, 0.2) is 0 Å². The maximum Gasteiger partial charge on any atom is 0.00989 e. The topological polar surface area (TPSA) is 24.1 Å². The highest BCUT2D eigenvalue weighted by molar-refractivity contribution is 4.92. The zero-order chi connectivity index (χ0) is 7.68. The lowest BCUT2D eigenvalue weighted by atomic mass is 10.1. The van der Waals surface area contributed by atoms with Gasteiger partial charge in [-0.1, -0.05) is 6.92 Å². The van der Waals surface area contributed by atoms with Crippen LogP contribution >= 0.6 is 0 Å². The molecule has 2 heteroatoms. The molecular weight excluding hydrogens is 136 g/mol. The molecule has 1 aliphatic heterocycles. The van der Waals surface area contributed by atoms with Gasteiger partial charge in [0, 0.05) is 12.1 Å². The van der Waals surface area contributed by atoms with Gasteiger partial charge in [-0.3, -0.25) is 0 Å². The molecule has 0 spiro atoms. The second-order valence-corrected chi connectivity index (χ2v) is 4.01. The molecule has 1 saturated heterocycles. The number of piperidine rings is 1. The minimum atomic E-state index is 0.811. The van der Waals surface area contributed by atoms with E-state index >= 15 is 0 Å². The van der Waals surface area contributed by atoms with Crippen molar-refractivity contribution in [1.82, 2.24) is 10.6 Å². The van der Waals surface area contributed by atoms with Crippen molar-refractivity contribution >= 4 is 0 Å². The molecule has 2 N–H and O–H groups in total. The van der Waals surface area contributed by atoms with Crippen molar-refractivity contribution in [3.63, 3.8) is 0 Å². The van der Waals surface area contributed by atoms with Crippen molar-refractivity contribution < 1.29 is 0 Å². The third kappa shape index (κ3) is 1.94. The zero-order valence-corrected chi connectivity index (χ0v) is 7.27. The summed E-state index contributed by atoms with van der Waals surface area (Å²) in [4.78, 5) is 0. The fourth-order valence-corrected chi connectivity index (χ4v) is 1.85. The van der Waals surface area contributed by atoms with Crippen LogP contribution in [0.3, 0.4) is 0 Å². The molecule has 2 atom stereocenters. The van der Waals surface area contributed by atoms with Gasteiger partial charge in [-0.2, -0.15) is 0 Å². The number of hydrogen-bond acceptors (Lipinski definition) is 2. The first-order valence-corrected chi connectivity index (χ1v) is 4.83. The van der Waals surface area contributed by atoms with E-state index in [-0.39, 0.29) is 0 Å². The van der Waals surface area contributed by atoms with E-state index in [0.717, 1.165) is 18.0 Å². The summed E-state index contributed by atoms with van der Waals surface area (Å²) in [7, 11) is 0. The van der Waals surface area contributed by atoms with Crippen LogP contribution in [0, 0.1) is 5.92 Å². The summed E-state index contributed by atoms with van der Waals surface area (Å²) in [6.07, 6.45) is 4.05. The van der Waals surface area contributed by atoms with Crippen LogP contribution in [0.25, 0.3) is 0 Å². The smallest absolute Gasteiger partial charge is 0.00989 e. The van der Waals surface area contributed by atoms with E-state index in [4.69, 9.17) is 0 Å². The van der Waals surface area contributed by atoms with Gasteiger partial charge in [-0.15, -0.1) is 0 Å². The summed E-state index contributed by atoms with van der Waals surface area (Å²) < 4.78 is 0. The van der Waals surface area contributed by atoms with Crippen LogP contribution in [-0.2, 0) is 0 Å². The molecular formula is C9H18N2. The van der Waals surface area contributed by atoms with Crippen LogP contribution in [0.5, 0.6) is 0 Å². The maximum atomic E-state index is 3.70. The van der Waals surface area contributed by atoms with Crippen molar-refractivity contribution in [3.05, 3.63) is 0 Å². The Morgan fingerprint density at radius 2 is 1.91 bits per heavy atom. The minimum Gasteiger partial charge on any atom is -0.317 e. The van der Waals surface area contributed by atoms with Crippen LogP contribution in [0.1, 0.15) is 26.2 Å². The predicted molar refractivity (Wildman–Crippen MR) is 46.6 cm³/mol. The van der Waals surface area contributed by atoms with Gasteiger partial charge in [0.1, 0.15) is 0 Å². The van der Waals surface area contributed by atoms with E-state index in [1.165, 1.54) is 32.4 Å². The summed E-state index contributed by atoms with van der Waals surface area (Å²) in [6.45, 7) is 4.75. The molecule has 0 aromatic carbocycles. The highest BCUT2D eigenvalue weighted by atomic mass is 15.0. The third-order valence-corrected chi connectivity index (χ3v) is 2.90. The third-order valence-electron chi connectivity index (χ3n) is 2.90. The second-order valence-electron chi connectivity index (χ2n) is 4.01. The molecule has 1 saturated carbocycles. The van der Waals surface area contributed by atoms with Crippen molar-refractivity contribution in [2.45, 2.75) is 38.3 Å². The van der Waals surface area contributed by atoms with Gasteiger partial charge in [-0.25, -0.2) is 0 Å². The highest BCUT2D eigenvalue weighted by Crippen LogP contribution is 2.30. The van der Waals surface area contributed by atoms with Gasteiger partial charge in [0.05, 0.1) is 0 Å². The molecule has 11 heavy (non-hydrogen) atoms. The molecule has 2 nitrogen and oxygen atoms in total. The lowest BCUT2D eigenvalue weighted by Gasteiger charge is -2.23. The van der Waals surface area contributed by atoms with Gasteiger partial charge in [0.15, 0.2) is 0 Å². The molecule has 2 fully saturated rings. The van der Waals surface area contributed by atoms with Crippen LogP contribution in [0.4, 0.5) is 0 Å². The summed E-state index contributed by atoms with van der Waals surface area (Å²) in [5.41, 5.74) is 0. The summed E-state index contributed by atoms with van der Waals surface area (Å²) in [5.74, 6) is 0.949. The molecule has 0 bridgehead atoms. The molecule has 2 unspecified atom stereocenters. The van der Waals surface area contributed by atoms with Gasteiger partial charge in [0.2, 0.25) is 0 Å². The van der Waals surface area contributed by atoms with E-state index < -0.39 is 0 Å². The van der Waals surface area contributed by atoms with E-state index in [2.05, 4.69) is 17.6 Å². The van der Waals surface area contributed by atoms with Crippen LogP contribution < -0.4 is 10.6 Å². The Labute approximate surface area is 68.7 Å². The largest absolute Gasteiger partial charge is 0.317 e. The van der Waals surface area contributed by atoms with Gasteiger partial charge in [-0.05, 0) is 38.3 Å². The average Bonchev–Trinajstić information content (AvgIpc) is 2.69. The number of rotatable bonds is 2. The summed E-state index contributed by atoms with van der Waals surface area (Å²) >= 11 is 0. The molecule has 0 radical (unpaired) electrons. The van der Waals surface area contributed by atoms with E-state index in [9.17, 15) is 0 Å². The average molecular weight is 154 g/mol. The fraction of sp³-hybridized carbons (Fsp3) is 1.00. The van der Waals surface area contributed by atoms with Crippen molar-refractivity contribution in [3.8, 4) is 0 Å². The lowest BCUT2D eigenvalue weighted by Crippen LogP contribution is -2.41. The first-order chi connectivity index (χ1) is 5.36. The number of nitrogens with one attached hydrogen (secondary N) is 2. The molecule has 2 rings (SSSR count). The van der Waals surface area contributed by atoms with Crippen molar-refractivity contribution in [2.75, 3.05) is 13.1 Å². The predicted octanol–water partition coefficient (Wildman–Crippen LogP) is 0.736. The number of hydrogen-bond donors (Lipinski definition) is 2. The molecule has 2 aliphatic rings. The summed E-state index contributed by atoms with van der Waals surface area (Å²) in [6, 6.07) is 1.67. The monoisotopic (exact) mass is 154 g/mol. The molecule has 64 valence electrons. The normalized spacial score (nSPS) is 39.0. The van der Waals surface area contributed by atoms with E-state index in [0.29, 0.717) is 0 Å². The Morgan fingerprint density at radius 3 is 2.45 bits per heavy atom. The first kappa shape index (κ1) is 7.56. The Balaban J connectivity index is 1.68. The Morgan fingerprint density at radius 1 is 1.27 bits per heavy atom. The fourth-order valence-electron chi connectivity index (χ4n) is 1.85. The lowest BCUT2D eigenvalue weighted by molar-refractivity contribution is 0.380. The molecule has 0 aromatic heterocycles. The Bertz CT molecular complexity index is 130. The Kier molecular flexibility index (Phi) is 2.14. The minimum absolute atomic E-state index is 0.811. The zero-order valence-electron chi connectivity index (χ0n) is 7.27. The highest BCUT2D eigenvalue weighted by Gasteiger charge is 2.33. The Hall–Kier alpha value is -0.0800. The van der Waals surface area contributed by atoms with Crippen molar-refractivity contribution in [1.29, 1.82) is 0 Å². The molecule has 1 aliphatic carbocycles. The molecule has 0 amide bonds. The summed E-state index contributed by atoms with van der Waals surface area (Å²) in [5, 5.41) is 7.08. The van der Waals surface area contributed by atoms with Crippen molar-refractivity contribution in [2.24, 2.45) is 5.92 Å². The quantitative estimate of drug-likeness (QED) is 0.613. The van der Waals surface area contributed by atoms with E-state index in [1.54, 1.807) is 0 Å².